The Morgan fingerprint density at radius 3 is 2.68 bits per heavy atom. The molecular formula is C30H39ClN4O2. The van der Waals surface area contributed by atoms with Gasteiger partial charge in [-0.25, -0.2) is 0 Å². The Morgan fingerprint density at radius 1 is 1.08 bits per heavy atom. The maximum Gasteiger partial charge on any atom is 0.255 e. The number of ether oxygens (including phenoxy) is 1. The van der Waals surface area contributed by atoms with Crippen molar-refractivity contribution in [1.29, 1.82) is 0 Å². The van der Waals surface area contributed by atoms with Gasteiger partial charge in [0.2, 0.25) is 0 Å². The number of rotatable bonds is 12. The van der Waals surface area contributed by atoms with Gasteiger partial charge in [-0.15, -0.1) is 0 Å². The van der Waals surface area contributed by atoms with Gasteiger partial charge in [0, 0.05) is 19.2 Å². The Balaban J connectivity index is 1.07. The summed E-state index contributed by atoms with van der Waals surface area (Å²) in [5.74, 6) is 0.766. The Hall–Kier alpha value is -2.80. The second-order valence-electron chi connectivity index (χ2n) is 9.94. The molecule has 0 bridgehead atoms. The third-order valence-corrected chi connectivity index (χ3v) is 7.67. The number of fused-ring (bicyclic) bond motifs is 1. The quantitative estimate of drug-likeness (QED) is 0.216. The SMILES string of the molecule is COc1cc(N)c(Cl)cc1C(=O)NCC1CCN(CCCCCNCc2cccc3ccccc23)CC1. The van der Waals surface area contributed by atoms with Crippen LogP contribution in [0.1, 0.15) is 48.0 Å². The number of nitrogens with two attached hydrogens (primary N) is 1. The number of hydrogen-bond acceptors (Lipinski definition) is 5. The minimum Gasteiger partial charge on any atom is -0.496 e. The number of hydrogen-bond donors (Lipinski definition) is 3. The highest BCUT2D eigenvalue weighted by molar-refractivity contribution is 6.33. The topological polar surface area (TPSA) is 79.6 Å². The standard InChI is InChI=1S/C30H39ClN4O2/c1-37-29-19-28(32)27(31)18-26(29)30(36)34-20-22-12-16-35(17-13-22)15-6-2-5-14-33-21-24-10-7-9-23-8-3-4-11-25(23)24/h3-4,7-11,18-19,22,33H,2,5-6,12-17,20-21,32H2,1H3,(H,34,36). The van der Waals surface area contributed by atoms with Crippen molar-refractivity contribution in [2.45, 2.75) is 38.6 Å². The first-order valence-corrected chi connectivity index (χ1v) is 13.7. The molecule has 3 aromatic rings. The molecule has 1 heterocycles. The molecule has 0 spiro atoms. The number of amides is 1. The van der Waals surface area contributed by atoms with Gasteiger partial charge in [-0.2, -0.15) is 0 Å². The zero-order valence-corrected chi connectivity index (χ0v) is 22.5. The summed E-state index contributed by atoms with van der Waals surface area (Å²) >= 11 is 6.10. The average molecular weight is 523 g/mol. The second kappa shape index (κ2) is 13.7. The first-order valence-electron chi connectivity index (χ1n) is 13.4. The van der Waals surface area contributed by atoms with Crippen LogP contribution in [0.25, 0.3) is 10.8 Å². The molecule has 0 saturated carbocycles. The molecule has 0 atom stereocenters. The van der Waals surface area contributed by atoms with Gasteiger partial charge in [-0.05, 0) is 80.2 Å². The first-order chi connectivity index (χ1) is 18.0. The lowest BCUT2D eigenvalue weighted by Crippen LogP contribution is -2.39. The number of anilines is 1. The summed E-state index contributed by atoms with van der Waals surface area (Å²) < 4.78 is 5.30. The van der Waals surface area contributed by atoms with E-state index in [1.807, 2.05) is 0 Å². The Morgan fingerprint density at radius 2 is 1.86 bits per heavy atom. The number of benzene rings is 3. The van der Waals surface area contributed by atoms with Crippen LogP contribution in [0.15, 0.2) is 54.6 Å². The minimum atomic E-state index is -0.171. The van der Waals surface area contributed by atoms with E-state index in [4.69, 9.17) is 22.1 Å². The molecule has 4 rings (SSSR count). The molecule has 1 saturated heterocycles. The van der Waals surface area contributed by atoms with Crippen molar-refractivity contribution in [1.82, 2.24) is 15.5 Å². The number of likely N-dealkylation sites (tertiary alicyclic amines) is 1. The Kier molecular flexibility index (Phi) is 10.1. The normalized spacial score (nSPS) is 14.6. The lowest BCUT2D eigenvalue weighted by molar-refractivity contribution is 0.0933. The molecule has 4 N–H and O–H groups in total. The van der Waals surface area contributed by atoms with E-state index in [0.29, 0.717) is 34.5 Å². The number of unbranched alkanes of at least 4 members (excludes halogenated alkanes) is 2. The van der Waals surface area contributed by atoms with Gasteiger partial charge in [-0.3, -0.25) is 4.79 Å². The van der Waals surface area contributed by atoms with Crippen molar-refractivity contribution in [3.63, 3.8) is 0 Å². The van der Waals surface area contributed by atoms with Crippen LogP contribution in [0.3, 0.4) is 0 Å². The monoisotopic (exact) mass is 522 g/mol. The fourth-order valence-corrected chi connectivity index (χ4v) is 5.26. The van der Waals surface area contributed by atoms with Crippen LogP contribution in [0.4, 0.5) is 5.69 Å². The van der Waals surface area contributed by atoms with Gasteiger partial charge in [0.1, 0.15) is 5.75 Å². The summed E-state index contributed by atoms with van der Waals surface area (Å²) in [6.45, 7) is 5.98. The first kappa shape index (κ1) is 27.2. The second-order valence-corrected chi connectivity index (χ2v) is 10.4. The highest BCUT2D eigenvalue weighted by atomic mass is 35.5. The van der Waals surface area contributed by atoms with E-state index >= 15 is 0 Å². The molecule has 1 aliphatic heterocycles. The lowest BCUT2D eigenvalue weighted by atomic mass is 9.96. The van der Waals surface area contributed by atoms with Crippen LogP contribution < -0.4 is 21.1 Å². The molecule has 0 unspecified atom stereocenters. The van der Waals surface area contributed by atoms with Gasteiger partial charge >= 0.3 is 0 Å². The molecular weight excluding hydrogens is 484 g/mol. The number of piperidine rings is 1. The van der Waals surface area contributed by atoms with Crippen molar-refractivity contribution < 1.29 is 9.53 Å². The van der Waals surface area contributed by atoms with Crippen LogP contribution in [0.2, 0.25) is 5.02 Å². The van der Waals surface area contributed by atoms with Crippen molar-refractivity contribution in [3.05, 3.63) is 70.7 Å². The lowest BCUT2D eigenvalue weighted by Gasteiger charge is -2.32. The molecule has 1 aliphatic rings. The van der Waals surface area contributed by atoms with E-state index in [2.05, 4.69) is 58.0 Å². The predicted molar refractivity (Wildman–Crippen MR) is 153 cm³/mol. The fraction of sp³-hybridized carbons (Fsp3) is 0.433. The van der Waals surface area contributed by atoms with Gasteiger partial charge in [0.25, 0.3) is 5.91 Å². The third-order valence-electron chi connectivity index (χ3n) is 7.35. The summed E-state index contributed by atoms with van der Waals surface area (Å²) in [6, 6.07) is 18.3. The number of nitrogen functional groups attached to an aromatic ring is 1. The van der Waals surface area contributed by atoms with Crippen LogP contribution in [0, 0.1) is 5.92 Å². The number of nitrogens with one attached hydrogen (secondary N) is 2. The van der Waals surface area contributed by atoms with Gasteiger partial charge in [0.05, 0.1) is 23.4 Å². The van der Waals surface area contributed by atoms with Crippen LogP contribution in [-0.4, -0.2) is 50.6 Å². The van der Waals surface area contributed by atoms with Crippen LogP contribution >= 0.6 is 11.6 Å². The highest BCUT2D eigenvalue weighted by Gasteiger charge is 2.21. The van der Waals surface area contributed by atoms with Crippen LogP contribution in [0.5, 0.6) is 5.75 Å². The minimum absolute atomic E-state index is 0.171. The number of carbonyl (C=O) groups excluding carboxylic acids is 1. The van der Waals surface area contributed by atoms with Crippen molar-refractivity contribution in [2.24, 2.45) is 5.92 Å². The van der Waals surface area contributed by atoms with E-state index in [0.717, 1.165) is 45.6 Å². The zero-order chi connectivity index (χ0) is 26.0. The van der Waals surface area contributed by atoms with Gasteiger partial charge in [0.15, 0.2) is 0 Å². The molecule has 1 amide bonds. The predicted octanol–water partition coefficient (Wildman–Crippen LogP) is 5.49. The molecule has 0 aromatic heterocycles. The molecule has 198 valence electrons. The molecule has 37 heavy (non-hydrogen) atoms. The van der Waals surface area contributed by atoms with Crippen LogP contribution in [-0.2, 0) is 6.54 Å². The van der Waals surface area contributed by atoms with Crippen molar-refractivity contribution >= 4 is 34.0 Å². The highest BCUT2D eigenvalue weighted by Crippen LogP contribution is 2.29. The molecule has 0 aliphatic carbocycles. The van der Waals surface area contributed by atoms with E-state index in [1.165, 1.54) is 42.7 Å². The van der Waals surface area contributed by atoms with E-state index in [1.54, 1.807) is 12.1 Å². The van der Waals surface area contributed by atoms with Gasteiger partial charge in [-0.1, -0.05) is 60.5 Å². The van der Waals surface area contributed by atoms with Crippen molar-refractivity contribution in [3.8, 4) is 5.75 Å². The summed E-state index contributed by atoms with van der Waals surface area (Å²) in [4.78, 5) is 15.2. The number of methoxy groups -OCH3 is 1. The average Bonchev–Trinajstić information content (AvgIpc) is 2.93. The zero-order valence-electron chi connectivity index (χ0n) is 21.8. The van der Waals surface area contributed by atoms with E-state index in [9.17, 15) is 4.79 Å². The Labute approximate surface area is 225 Å². The largest absolute Gasteiger partial charge is 0.496 e. The molecule has 6 nitrogen and oxygen atoms in total. The summed E-state index contributed by atoms with van der Waals surface area (Å²) in [7, 11) is 1.53. The molecule has 7 heteroatoms. The van der Waals surface area contributed by atoms with E-state index in [-0.39, 0.29) is 5.91 Å². The summed E-state index contributed by atoms with van der Waals surface area (Å²) in [6.07, 6.45) is 5.88. The summed E-state index contributed by atoms with van der Waals surface area (Å²) in [5.41, 5.74) is 8.01. The maximum atomic E-state index is 12.7. The number of carbonyl (C=O) groups is 1. The van der Waals surface area contributed by atoms with Gasteiger partial charge < -0.3 is 26.0 Å². The number of halogens is 1. The van der Waals surface area contributed by atoms with Crippen molar-refractivity contribution in [2.75, 3.05) is 45.6 Å². The maximum absolute atomic E-state index is 12.7. The molecule has 3 aromatic carbocycles. The molecule has 1 fully saturated rings. The smallest absolute Gasteiger partial charge is 0.255 e. The molecule has 0 radical (unpaired) electrons. The Bertz CT molecular complexity index is 1170. The van der Waals surface area contributed by atoms with E-state index < -0.39 is 0 Å². The fourth-order valence-electron chi connectivity index (χ4n) is 5.09. The third kappa shape index (κ3) is 7.60. The summed E-state index contributed by atoms with van der Waals surface area (Å²) in [5, 5.41) is 9.68. The number of nitrogens with zero attached hydrogens (tertiary/aromatic N) is 1.